The summed E-state index contributed by atoms with van der Waals surface area (Å²) in [6.07, 6.45) is 1.74. The van der Waals surface area contributed by atoms with E-state index < -0.39 is 0 Å². The van der Waals surface area contributed by atoms with Crippen LogP contribution >= 0.6 is 0 Å². The molecule has 3 rings (SSSR count). The number of benzene rings is 1. The highest BCUT2D eigenvalue weighted by Crippen LogP contribution is 2.26. The van der Waals surface area contributed by atoms with E-state index in [0.29, 0.717) is 6.54 Å². The maximum atomic E-state index is 12.4. The standard InChI is InChI=1S/C22H31N5O/c1-4-25(5-2)20-9-10-21(18(3)16-20)26-12-14-27(15-13-26)22(28)24-17-19-8-6-7-11-23-19/h6-11,16H,4-5,12-15,17H2,1-3H3,(H,24,28). The second-order valence-electron chi connectivity index (χ2n) is 7.10. The SMILES string of the molecule is CCN(CC)c1ccc(N2CCN(C(=O)NCc3ccccn3)CC2)c(C)c1. The van der Waals surface area contributed by atoms with E-state index in [1.807, 2.05) is 23.1 Å². The molecule has 0 unspecified atom stereocenters. The molecule has 1 aliphatic heterocycles. The van der Waals surface area contributed by atoms with Crippen molar-refractivity contribution < 1.29 is 4.79 Å². The van der Waals surface area contributed by atoms with Crippen molar-refractivity contribution in [1.29, 1.82) is 0 Å². The van der Waals surface area contributed by atoms with E-state index in [9.17, 15) is 4.79 Å². The topological polar surface area (TPSA) is 51.7 Å². The quantitative estimate of drug-likeness (QED) is 0.834. The minimum atomic E-state index is -0.0149. The van der Waals surface area contributed by atoms with Gasteiger partial charge in [-0.2, -0.15) is 0 Å². The number of anilines is 2. The van der Waals surface area contributed by atoms with E-state index in [0.717, 1.165) is 45.0 Å². The minimum absolute atomic E-state index is 0.0149. The molecule has 28 heavy (non-hydrogen) atoms. The molecule has 0 aliphatic carbocycles. The van der Waals surface area contributed by atoms with Crippen molar-refractivity contribution in [2.24, 2.45) is 0 Å². The molecular formula is C22H31N5O. The number of aromatic nitrogens is 1. The molecule has 0 radical (unpaired) electrons. The average Bonchev–Trinajstić information content (AvgIpc) is 2.74. The first-order valence-electron chi connectivity index (χ1n) is 10.2. The van der Waals surface area contributed by atoms with Crippen molar-refractivity contribution in [2.75, 3.05) is 49.1 Å². The third-order valence-corrected chi connectivity index (χ3v) is 5.36. The molecule has 1 fully saturated rings. The van der Waals surface area contributed by atoms with Gasteiger partial charge in [0.25, 0.3) is 0 Å². The van der Waals surface area contributed by atoms with Gasteiger partial charge in [-0.15, -0.1) is 0 Å². The molecule has 2 heterocycles. The second kappa shape index (κ2) is 9.44. The molecule has 0 atom stereocenters. The van der Waals surface area contributed by atoms with Crippen LogP contribution in [0.2, 0.25) is 0 Å². The first-order chi connectivity index (χ1) is 13.6. The third kappa shape index (κ3) is 4.74. The van der Waals surface area contributed by atoms with Crippen LogP contribution in [0.1, 0.15) is 25.1 Å². The molecule has 6 nitrogen and oxygen atoms in total. The molecule has 1 N–H and O–H groups in total. The maximum Gasteiger partial charge on any atom is 0.317 e. The number of piperazine rings is 1. The zero-order chi connectivity index (χ0) is 19.9. The van der Waals surface area contributed by atoms with E-state index >= 15 is 0 Å². The van der Waals surface area contributed by atoms with E-state index in [2.05, 4.69) is 59.1 Å². The van der Waals surface area contributed by atoms with Gasteiger partial charge >= 0.3 is 6.03 Å². The predicted molar refractivity (Wildman–Crippen MR) is 115 cm³/mol. The van der Waals surface area contributed by atoms with Crippen molar-refractivity contribution in [3.8, 4) is 0 Å². The zero-order valence-corrected chi connectivity index (χ0v) is 17.2. The molecular weight excluding hydrogens is 350 g/mol. The highest BCUT2D eigenvalue weighted by atomic mass is 16.2. The highest BCUT2D eigenvalue weighted by Gasteiger charge is 2.22. The van der Waals surface area contributed by atoms with Crippen LogP contribution in [-0.2, 0) is 6.54 Å². The molecule has 1 saturated heterocycles. The number of pyridine rings is 1. The van der Waals surface area contributed by atoms with Crippen molar-refractivity contribution in [1.82, 2.24) is 15.2 Å². The summed E-state index contributed by atoms with van der Waals surface area (Å²) in [4.78, 5) is 23.3. The number of hydrogen-bond acceptors (Lipinski definition) is 4. The van der Waals surface area contributed by atoms with Crippen LogP contribution < -0.4 is 15.1 Å². The summed E-state index contributed by atoms with van der Waals surface area (Å²) < 4.78 is 0. The summed E-state index contributed by atoms with van der Waals surface area (Å²) in [5.74, 6) is 0. The Labute approximate surface area is 168 Å². The first-order valence-corrected chi connectivity index (χ1v) is 10.2. The fraction of sp³-hybridized carbons (Fsp3) is 0.455. The van der Waals surface area contributed by atoms with Gasteiger partial charge in [0, 0.05) is 56.8 Å². The Kier molecular flexibility index (Phi) is 6.74. The largest absolute Gasteiger partial charge is 0.372 e. The molecule has 6 heteroatoms. The van der Waals surface area contributed by atoms with Crippen molar-refractivity contribution in [3.05, 3.63) is 53.9 Å². The predicted octanol–water partition coefficient (Wildman–Crippen LogP) is 3.27. The maximum absolute atomic E-state index is 12.4. The van der Waals surface area contributed by atoms with E-state index in [-0.39, 0.29) is 6.03 Å². The van der Waals surface area contributed by atoms with Gasteiger partial charge in [0.15, 0.2) is 0 Å². The molecule has 150 valence electrons. The van der Waals surface area contributed by atoms with Crippen molar-refractivity contribution >= 4 is 17.4 Å². The van der Waals surface area contributed by atoms with Gasteiger partial charge in [0.1, 0.15) is 0 Å². The lowest BCUT2D eigenvalue weighted by Crippen LogP contribution is -2.51. The summed E-state index contributed by atoms with van der Waals surface area (Å²) >= 11 is 0. The lowest BCUT2D eigenvalue weighted by atomic mass is 10.1. The minimum Gasteiger partial charge on any atom is -0.372 e. The number of nitrogens with zero attached hydrogens (tertiary/aromatic N) is 4. The van der Waals surface area contributed by atoms with Crippen LogP contribution in [0.25, 0.3) is 0 Å². The Morgan fingerprint density at radius 3 is 2.46 bits per heavy atom. The summed E-state index contributed by atoms with van der Waals surface area (Å²) in [5, 5.41) is 2.97. The Morgan fingerprint density at radius 1 is 1.11 bits per heavy atom. The number of nitrogens with one attached hydrogen (secondary N) is 1. The molecule has 0 spiro atoms. The van der Waals surface area contributed by atoms with Crippen LogP contribution in [0.3, 0.4) is 0 Å². The molecule has 0 bridgehead atoms. The van der Waals surface area contributed by atoms with Crippen LogP contribution in [-0.4, -0.2) is 55.2 Å². The summed E-state index contributed by atoms with van der Waals surface area (Å²) in [6, 6.07) is 12.4. The number of urea groups is 1. The fourth-order valence-electron chi connectivity index (χ4n) is 3.71. The Bertz CT molecular complexity index is 768. The van der Waals surface area contributed by atoms with Gasteiger partial charge in [-0.1, -0.05) is 6.07 Å². The first kappa shape index (κ1) is 20.0. The van der Waals surface area contributed by atoms with Crippen molar-refractivity contribution in [2.45, 2.75) is 27.3 Å². The molecule has 1 aliphatic rings. The number of aryl methyl sites for hydroxylation is 1. The van der Waals surface area contributed by atoms with Gasteiger partial charge < -0.3 is 20.0 Å². The number of carbonyl (C=O) groups is 1. The highest BCUT2D eigenvalue weighted by molar-refractivity contribution is 5.74. The molecule has 2 aromatic rings. The average molecular weight is 382 g/mol. The second-order valence-corrected chi connectivity index (χ2v) is 7.10. The number of amides is 2. The van der Waals surface area contributed by atoms with Crippen LogP contribution in [0.5, 0.6) is 0 Å². The van der Waals surface area contributed by atoms with Gasteiger partial charge in [-0.3, -0.25) is 4.98 Å². The lowest BCUT2D eigenvalue weighted by Gasteiger charge is -2.37. The molecule has 0 saturated carbocycles. The van der Waals surface area contributed by atoms with E-state index in [1.165, 1.54) is 16.9 Å². The molecule has 2 amide bonds. The lowest BCUT2D eigenvalue weighted by molar-refractivity contribution is 0.194. The fourth-order valence-corrected chi connectivity index (χ4v) is 3.71. The monoisotopic (exact) mass is 381 g/mol. The van der Waals surface area contributed by atoms with E-state index in [4.69, 9.17) is 0 Å². The normalized spacial score (nSPS) is 14.1. The van der Waals surface area contributed by atoms with Crippen LogP contribution in [0.4, 0.5) is 16.2 Å². The van der Waals surface area contributed by atoms with Gasteiger partial charge in [-0.05, 0) is 56.7 Å². The molecule has 1 aromatic carbocycles. The molecule has 1 aromatic heterocycles. The number of hydrogen-bond donors (Lipinski definition) is 1. The zero-order valence-electron chi connectivity index (χ0n) is 17.2. The number of carbonyl (C=O) groups excluding carboxylic acids is 1. The smallest absolute Gasteiger partial charge is 0.317 e. The summed E-state index contributed by atoms with van der Waals surface area (Å²) in [6.45, 7) is 12.2. The van der Waals surface area contributed by atoms with Crippen LogP contribution in [0.15, 0.2) is 42.6 Å². The summed E-state index contributed by atoms with van der Waals surface area (Å²) in [7, 11) is 0. The third-order valence-electron chi connectivity index (χ3n) is 5.36. The Hall–Kier alpha value is -2.76. The van der Waals surface area contributed by atoms with Gasteiger partial charge in [-0.25, -0.2) is 4.79 Å². The van der Waals surface area contributed by atoms with Gasteiger partial charge in [0.05, 0.1) is 12.2 Å². The van der Waals surface area contributed by atoms with Crippen molar-refractivity contribution in [3.63, 3.8) is 0 Å². The summed E-state index contributed by atoms with van der Waals surface area (Å²) in [5.41, 5.74) is 4.71. The Morgan fingerprint density at radius 2 is 1.86 bits per heavy atom. The van der Waals surface area contributed by atoms with Gasteiger partial charge in [0.2, 0.25) is 0 Å². The van der Waals surface area contributed by atoms with E-state index in [1.54, 1.807) is 6.20 Å². The van der Waals surface area contributed by atoms with Crippen LogP contribution in [0, 0.1) is 6.92 Å². The number of rotatable bonds is 6. The Balaban J connectivity index is 1.54.